The van der Waals surface area contributed by atoms with Gasteiger partial charge in [0.05, 0.1) is 16.7 Å². The van der Waals surface area contributed by atoms with Crippen LogP contribution in [0.25, 0.3) is 6.08 Å². The Bertz CT molecular complexity index is 673. The van der Waals surface area contributed by atoms with Crippen molar-refractivity contribution in [3.05, 3.63) is 22.6 Å². The van der Waals surface area contributed by atoms with Gasteiger partial charge >= 0.3 is 12.1 Å². The van der Waals surface area contributed by atoms with Crippen molar-refractivity contribution < 1.29 is 27.9 Å². The lowest BCUT2D eigenvalue weighted by Gasteiger charge is -2.30. The molecule has 3 heterocycles. The van der Waals surface area contributed by atoms with Gasteiger partial charge in [-0.05, 0) is 31.1 Å². The van der Waals surface area contributed by atoms with Crippen LogP contribution in [0.2, 0.25) is 0 Å². The zero-order valence-corrected chi connectivity index (χ0v) is 12.7. The third kappa shape index (κ3) is 3.40. The molecule has 5 nitrogen and oxygen atoms in total. The highest BCUT2D eigenvalue weighted by Crippen LogP contribution is 2.33. The number of nitrogens with zero attached hydrogens (tertiary/aromatic N) is 2. The van der Waals surface area contributed by atoms with Crippen LogP contribution in [-0.2, 0) is 9.63 Å². The fourth-order valence-corrected chi connectivity index (χ4v) is 3.43. The maximum atomic E-state index is 12.8. The molecular formula is C14H13F3N2O3S. The fraction of sp³-hybridized carbons (Fsp3) is 0.429. The highest BCUT2D eigenvalue weighted by atomic mass is 32.1. The number of piperidine rings is 1. The number of alkyl halides is 3. The Morgan fingerprint density at radius 3 is 2.70 bits per heavy atom. The Balaban J connectivity index is 1.80. The Morgan fingerprint density at radius 1 is 1.35 bits per heavy atom. The first-order valence-electron chi connectivity index (χ1n) is 6.96. The molecule has 1 saturated heterocycles. The summed E-state index contributed by atoms with van der Waals surface area (Å²) >= 11 is 1.28. The maximum Gasteiger partial charge on any atom is 0.437 e. The summed E-state index contributed by atoms with van der Waals surface area (Å²) in [7, 11) is 0. The number of aliphatic hydroxyl groups is 1. The molecule has 0 bridgehead atoms. The molecule has 2 aliphatic heterocycles. The third-order valence-corrected chi connectivity index (χ3v) is 4.73. The van der Waals surface area contributed by atoms with Gasteiger partial charge in [-0.25, -0.2) is 4.79 Å². The Kier molecular flexibility index (Phi) is 4.15. The zero-order chi connectivity index (χ0) is 16.6. The summed E-state index contributed by atoms with van der Waals surface area (Å²) in [6.07, 6.45) is -2.57. The largest absolute Gasteiger partial charge is 0.437 e. The predicted octanol–water partition coefficient (Wildman–Crippen LogP) is 2.57. The van der Waals surface area contributed by atoms with E-state index in [1.807, 2.05) is 0 Å². The van der Waals surface area contributed by atoms with Crippen LogP contribution in [0.15, 0.2) is 22.9 Å². The van der Waals surface area contributed by atoms with Crippen LogP contribution < -0.4 is 4.90 Å². The van der Waals surface area contributed by atoms with E-state index >= 15 is 0 Å². The van der Waals surface area contributed by atoms with E-state index in [1.165, 1.54) is 11.3 Å². The molecule has 0 unspecified atom stereocenters. The molecule has 1 fully saturated rings. The number of anilines is 1. The standard InChI is InChI=1S/C14H13F3N2O3S/c15-14(16,17)12-10(13(21)22-18-12)7-9-1-2-11(23-9)19-5-3-8(20)4-6-19/h1-2,7-8,20H,3-6H2. The molecule has 0 aliphatic carbocycles. The van der Waals surface area contributed by atoms with E-state index in [0.717, 1.165) is 11.1 Å². The molecule has 0 aromatic carbocycles. The minimum Gasteiger partial charge on any atom is -0.393 e. The lowest BCUT2D eigenvalue weighted by atomic mass is 10.1. The number of carbonyl (C=O) groups is 1. The highest BCUT2D eigenvalue weighted by Gasteiger charge is 2.45. The van der Waals surface area contributed by atoms with Gasteiger partial charge in [0, 0.05) is 18.0 Å². The van der Waals surface area contributed by atoms with Crippen LogP contribution in [0.1, 0.15) is 17.7 Å². The first-order chi connectivity index (χ1) is 10.8. The molecule has 0 amide bonds. The fourth-order valence-electron chi connectivity index (χ4n) is 2.43. The van der Waals surface area contributed by atoms with E-state index in [-0.39, 0.29) is 6.10 Å². The summed E-state index contributed by atoms with van der Waals surface area (Å²) in [4.78, 5) is 18.2. The second-order valence-corrected chi connectivity index (χ2v) is 6.36. The minimum atomic E-state index is -4.74. The molecular weight excluding hydrogens is 333 g/mol. The van der Waals surface area contributed by atoms with Crippen molar-refractivity contribution in [1.82, 2.24) is 0 Å². The van der Waals surface area contributed by atoms with Crippen molar-refractivity contribution in [1.29, 1.82) is 0 Å². The summed E-state index contributed by atoms with van der Waals surface area (Å²) in [5, 5.41) is 13.2. The molecule has 1 aromatic rings. The van der Waals surface area contributed by atoms with Crippen molar-refractivity contribution in [2.45, 2.75) is 25.1 Å². The van der Waals surface area contributed by atoms with Crippen molar-refractivity contribution in [3.8, 4) is 0 Å². The average Bonchev–Trinajstić information content (AvgIpc) is 3.08. The van der Waals surface area contributed by atoms with Gasteiger partial charge in [-0.2, -0.15) is 13.2 Å². The predicted molar refractivity (Wildman–Crippen MR) is 79.3 cm³/mol. The van der Waals surface area contributed by atoms with E-state index in [9.17, 15) is 23.1 Å². The molecule has 3 rings (SSSR count). The topological polar surface area (TPSA) is 62.1 Å². The summed E-state index contributed by atoms with van der Waals surface area (Å²) in [6, 6.07) is 3.44. The molecule has 0 atom stereocenters. The Labute approximate surface area is 133 Å². The van der Waals surface area contributed by atoms with Gasteiger partial charge in [0.25, 0.3) is 0 Å². The second kappa shape index (κ2) is 5.97. The molecule has 0 spiro atoms. The number of hydrogen-bond acceptors (Lipinski definition) is 6. The number of oxime groups is 1. The number of rotatable bonds is 2. The zero-order valence-electron chi connectivity index (χ0n) is 11.8. The van der Waals surface area contributed by atoms with E-state index in [0.29, 0.717) is 30.8 Å². The summed E-state index contributed by atoms with van der Waals surface area (Å²) in [5.41, 5.74) is -1.89. The summed E-state index contributed by atoms with van der Waals surface area (Å²) < 4.78 is 38.4. The molecule has 0 radical (unpaired) electrons. The van der Waals surface area contributed by atoms with E-state index < -0.39 is 23.4 Å². The van der Waals surface area contributed by atoms with Gasteiger partial charge in [0.2, 0.25) is 0 Å². The number of aliphatic hydroxyl groups excluding tert-OH is 1. The van der Waals surface area contributed by atoms with Crippen LogP contribution in [-0.4, -0.2) is 42.2 Å². The van der Waals surface area contributed by atoms with Gasteiger partial charge in [0.15, 0.2) is 5.71 Å². The van der Waals surface area contributed by atoms with Gasteiger partial charge in [0.1, 0.15) is 0 Å². The summed E-state index contributed by atoms with van der Waals surface area (Å²) in [6.45, 7) is 1.38. The minimum absolute atomic E-state index is 0.299. The molecule has 1 N–H and O–H groups in total. The van der Waals surface area contributed by atoms with Crippen LogP contribution in [0.3, 0.4) is 0 Å². The van der Waals surface area contributed by atoms with Crippen LogP contribution >= 0.6 is 11.3 Å². The summed E-state index contributed by atoms with van der Waals surface area (Å²) in [5.74, 6) is -1.10. The van der Waals surface area contributed by atoms with Crippen LogP contribution in [0, 0.1) is 0 Å². The molecule has 124 valence electrons. The first-order valence-corrected chi connectivity index (χ1v) is 7.77. The maximum absolute atomic E-state index is 12.8. The Morgan fingerprint density at radius 2 is 2.04 bits per heavy atom. The monoisotopic (exact) mass is 346 g/mol. The number of carbonyl (C=O) groups excluding carboxylic acids is 1. The average molecular weight is 346 g/mol. The van der Waals surface area contributed by atoms with Crippen molar-refractivity contribution in [3.63, 3.8) is 0 Å². The SMILES string of the molecule is O=C1ON=C(C(F)(F)F)C1=Cc1ccc(N2CCC(O)CC2)s1. The highest BCUT2D eigenvalue weighted by molar-refractivity contribution is 7.17. The second-order valence-electron chi connectivity index (χ2n) is 5.27. The number of hydrogen-bond donors (Lipinski definition) is 1. The first kappa shape index (κ1) is 16.0. The van der Waals surface area contributed by atoms with Crippen molar-refractivity contribution in [2.24, 2.45) is 5.16 Å². The lowest BCUT2D eigenvalue weighted by molar-refractivity contribution is -0.136. The molecule has 0 saturated carbocycles. The van der Waals surface area contributed by atoms with Crippen molar-refractivity contribution in [2.75, 3.05) is 18.0 Å². The number of thiophene rings is 1. The van der Waals surface area contributed by atoms with Gasteiger partial charge in [-0.15, -0.1) is 11.3 Å². The molecule has 2 aliphatic rings. The lowest BCUT2D eigenvalue weighted by Crippen LogP contribution is -2.35. The van der Waals surface area contributed by atoms with E-state index in [2.05, 4.69) is 14.9 Å². The van der Waals surface area contributed by atoms with Gasteiger partial charge in [-0.1, -0.05) is 5.16 Å². The molecule has 9 heteroatoms. The molecule has 1 aromatic heterocycles. The van der Waals surface area contributed by atoms with Crippen LogP contribution in [0.4, 0.5) is 18.2 Å². The molecule has 23 heavy (non-hydrogen) atoms. The number of halogens is 3. The van der Waals surface area contributed by atoms with E-state index in [1.54, 1.807) is 12.1 Å². The normalized spacial score (nSPS) is 21.7. The third-order valence-electron chi connectivity index (χ3n) is 3.64. The quantitative estimate of drug-likeness (QED) is 0.660. The van der Waals surface area contributed by atoms with E-state index in [4.69, 9.17) is 0 Å². The van der Waals surface area contributed by atoms with Crippen LogP contribution in [0.5, 0.6) is 0 Å². The van der Waals surface area contributed by atoms with Gasteiger partial charge < -0.3 is 14.8 Å². The smallest absolute Gasteiger partial charge is 0.393 e. The van der Waals surface area contributed by atoms with Gasteiger partial charge in [-0.3, -0.25) is 0 Å². The van der Waals surface area contributed by atoms with Crippen molar-refractivity contribution >= 4 is 34.1 Å². The Hall–Kier alpha value is -1.87.